The van der Waals surface area contributed by atoms with Gasteiger partial charge in [-0.3, -0.25) is 0 Å². The molecule has 4 aliphatic rings. The molecule has 0 aromatic carbocycles. The number of rotatable bonds is 2. The molecule has 0 aromatic heterocycles. The van der Waals surface area contributed by atoms with Crippen LogP contribution in [-0.2, 0) is 4.74 Å². The van der Waals surface area contributed by atoms with Crippen molar-refractivity contribution in [3.05, 3.63) is 23.8 Å². The zero-order valence-electron chi connectivity index (χ0n) is 13.7. The van der Waals surface area contributed by atoms with Gasteiger partial charge in [-0.1, -0.05) is 31.6 Å². The smallest absolute Gasteiger partial charge is 0.0679 e. The molecule has 0 N–H and O–H groups in total. The summed E-state index contributed by atoms with van der Waals surface area (Å²) in [4.78, 5) is 0. The van der Waals surface area contributed by atoms with Gasteiger partial charge in [-0.2, -0.15) is 0 Å². The molecular formula is C20H30O. The van der Waals surface area contributed by atoms with Gasteiger partial charge < -0.3 is 4.74 Å². The molecule has 4 rings (SSSR count). The molecular weight excluding hydrogens is 256 g/mol. The summed E-state index contributed by atoms with van der Waals surface area (Å²) < 4.78 is 5.51. The Morgan fingerprint density at radius 1 is 1.14 bits per heavy atom. The number of ether oxygens (including phenoxy) is 1. The van der Waals surface area contributed by atoms with E-state index in [1.165, 1.54) is 44.9 Å². The molecule has 0 spiro atoms. The minimum Gasteiger partial charge on any atom is -0.380 e. The van der Waals surface area contributed by atoms with Crippen LogP contribution in [0.3, 0.4) is 0 Å². The van der Waals surface area contributed by atoms with Crippen LogP contribution in [0.1, 0.15) is 51.9 Å². The summed E-state index contributed by atoms with van der Waals surface area (Å²) >= 11 is 0. The predicted molar refractivity (Wildman–Crippen MR) is 87.0 cm³/mol. The van der Waals surface area contributed by atoms with Crippen molar-refractivity contribution < 1.29 is 4.74 Å². The highest BCUT2D eigenvalue weighted by molar-refractivity contribution is 5.26. The summed E-state index contributed by atoms with van der Waals surface area (Å²) in [6.07, 6.45) is 17.5. The number of hydrogen-bond acceptors (Lipinski definition) is 1. The molecule has 6 atom stereocenters. The molecule has 0 radical (unpaired) electrons. The van der Waals surface area contributed by atoms with Crippen molar-refractivity contribution in [2.45, 2.75) is 51.9 Å². The Bertz CT molecular complexity index is 462. The summed E-state index contributed by atoms with van der Waals surface area (Å²) in [6.45, 7) is 3.44. The van der Waals surface area contributed by atoms with Crippen molar-refractivity contribution >= 4 is 0 Å². The molecule has 3 saturated carbocycles. The first kappa shape index (κ1) is 14.1. The highest BCUT2D eigenvalue weighted by Crippen LogP contribution is 2.62. The van der Waals surface area contributed by atoms with Crippen LogP contribution in [0.4, 0.5) is 0 Å². The minimum absolute atomic E-state index is 0.684. The van der Waals surface area contributed by atoms with E-state index in [2.05, 4.69) is 25.2 Å². The molecule has 1 unspecified atom stereocenters. The fourth-order valence-electron chi connectivity index (χ4n) is 6.56. The lowest BCUT2D eigenvalue weighted by atomic mass is 9.51. The van der Waals surface area contributed by atoms with Crippen LogP contribution in [0.2, 0.25) is 0 Å². The zero-order chi connectivity index (χ0) is 14.4. The van der Waals surface area contributed by atoms with Crippen molar-refractivity contribution in [2.24, 2.45) is 35.0 Å². The first-order valence-corrected chi connectivity index (χ1v) is 9.09. The summed E-state index contributed by atoms with van der Waals surface area (Å²) in [5, 5.41) is 0. The van der Waals surface area contributed by atoms with Crippen molar-refractivity contribution in [3.8, 4) is 0 Å². The molecule has 1 nitrogen and oxygen atoms in total. The van der Waals surface area contributed by atoms with E-state index in [1.807, 2.05) is 7.11 Å². The molecule has 116 valence electrons. The fourth-order valence-corrected chi connectivity index (χ4v) is 6.56. The highest BCUT2D eigenvalue weighted by Gasteiger charge is 2.53. The average Bonchev–Trinajstić information content (AvgIpc) is 2.89. The molecule has 0 bridgehead atoms. The first-order valence-electron chi connectivity index (χ1n) is 9.09. The molecule has 4 aliphatic carbocycles. The molecule has 0 saturated heterocycles. The largest absolute Gasteiger partial charge is 0.380 e. The summed E-state index contributed by atoms with van der Waals surface area (Å²) in [6, 6.07) is 0. The SMILES string of the molecule is COCC1=CC=CC2CC[C@@H]3[C@H](CC[C@]4(C)CCC[C@@H]34)[C@@H]12. The van der Waals surface area contributed by atoms with E-state index in [1.54, 1.807) is 5.57 Å². The van der Waals surface area contributed by atoms with Gasteiger partial charge in [-0.05, 0) is 79.1 Å². The van der Waals surface area contributed by atoms with Crippen molar-refractivity contribution in [3.63, 3.8) is 0 Å². The van der Waals surface area contributed by atoms with Gasteiger partial charge >= 0.3 is 0 Å². The van der Waals surface area contributed by atoms with Crippen molar-refractivity contribution in [1.82, 2.24) is 0 Å². The molecule has 0 amide bonds. The maximum atomic E-state index is 5.51. The molecule has 0 heterocycles. The number of methoxy groups -OCH3 is 1. The van der Waals surface area contributed by atoms with Crippen LogP contribution in [0, 0.1) is 35.0 Å². The van der Waals surface area contributed by atoms with Gasteiger partial charge in [-0.15, -0.1) is 0 Å². The second-order valence-electron chi connectivity index (χ2n) is 8.35. The number of fused-ring (bicyclic) bond motifs is 5. The van der Waals surface area contributed by atoms with Crippen LogP contribution < -0.4 is 0 Å². The van der Waals surface area contributed by atoms with Gasteiger partial charge in [0.15, 0.2) is 0 Å². The lowest BCUT2D eigenvalue weighted by Gasteiger charge is -2.54. The third kappa shape index (κ3) is 2.15. The molecule has 1 heteroatoms. The van der Waals surface area contributed by atoms with Crippen molar-refractivity contribution in [1.29, 1.82) is 0 Å². The van der Waals surface area contributed by atoms with Crippen molar-refractivity contribution in [2.75, 3.05) is 13.7 Å². The normalized spacial score (nSPS) is 48.3. The lowest BCUT2D eigenvalue weighted by molar-refractivity contribution is -0.0216. The average molecular weight is 286 g/mol. The van der Waals surface area contributed by atoms with Gasteiger partial charge in [0.05, 0.1) is 6.61 Å². The zero-order valence-corrected chi connectivity index (χ0v) is 13.7. The lowest BCUT2D eigenvalue weighted by Crippen LogP contribution is -2.46. The van der Waals surface area contributed by atoms with Gasteiger partial charge in [-0.25, -0.2) is 0 Å². The van der Waals surface area contributed by atoms with Gasteiger partial charge in [0.1, 0.15) is 0 Å². The van der Waals surface area contributed by atoms with Crippen LogP contribution in [0.15, 0.2) is 23.8 Å². The van der Waals surface area contributed by atoms with E-state index in [9.17, 15) is 0 Å². The molecule has 3 fully saturated rings. The standard InChI is InChI=1S/C20H30O/c1-20-11-4-7-18(20)16-9-8-14-5-3-6-15(13-21-2)19(14)17(16)10-12-20/h3,5-6,14,16-19H,4,7-13H2,1-2H3/t14?,16-,17+,18+,19-,20+/m1/s1. The summed E-state index contributed by atoms with van der Waals surface area (Å²) in [5.41, 5.74) is 2.27. The van der Waals surface area contributed by atoms with Crippen LogP contribution in [0.5, 0.6) is 0 Å². The molecule has 21 heavy (non-hydrogen) atoms. The van der Waals surface area contributed by atoms with Gasteiger partial charge in [0.2, 0.25) is 0 Å². The van der Waals surface area contributed by atoms with Crippen LogP contribution in [-0.4, -0.2) is 13.7 Å². The first-order chi connectivity index (χ1) is 10.2. The second-order valence-corrected chi connectivity index (χ2v) is 8.35. The Kier molecular flexibility index (Phi) is 3.52. The predicted octanol–water partition coefficient (Wildman–Crippen LogP) is 4.99. The van der Waals surface area contributed by atoms with Gasteiger partial charge in [0, 0.05) is 7.11 Å². The number of allylic oxidation sites excluding steroid dienone is 3. The van der Waals surface area contributed by atoms with Crippen LogP contribution in [0.25, 0.3) is 0 Å². The fraction of sp³-hybridized carbons (Fsp3) is 0.800. The van der Waals surface area contributed by atoms with E-state index in [0.717, 1.165) is 36.2 Å². The Labute approximate surface area is 129 Å². The topological polar surface area (TPSA) is 9.23 Å². The summed E-state index contributed by atoms with van der Waals surface area (Å²) in [7, 11) is 1.85. The quantitative estimate of drug-likeness (QED) is 0.695. The summed E-state index contributed by atoms with van der Waals surface area (Å²) in [5.74, 6) is 4.54. The Balaban J connectivity index is 1.62. The monoisotopic (exact) mass is 286 g/mol. The van der Waals surface area contributed by atoms with E-state index < -0.39 is 0 Å². The highest BCUT2D eigenvalue weighted by atomic mass is 16.5. The molecule has 0 aromatic rings. The third-order valence-electron chi connectivity index (χ3n) is 7.44. The Morgan fingerprint density at radius 2 is 2.05 bits per heavy atom. The van der Waals surface area contributed by atoms with E-state index in [0.29, 0.717) is 5.41 Å². The van der Waals surface area contributed by atoms with E-state index >= 15 is 0 Å². The third-order valence-corrected chi connectivity index (χ3v) is 7.44. The maximum Gasteiger partial charge on any atom is 0.0679 e. The molecule has 0 aliphatic heterocycles. The van der Waals surface area contributed by atoms with E-state index in [4.69, 9.17) is 4.74 Å². The van der Waals surface area contributed by atoms with Crippen LogP contribution >= 0.6 is 0 Å². The van der Waals surface area contributed by atoms with Gasteiger partial charge in [0.25, 0.3) is 0 Å². The second kappa shape index (κ2) is 5.26. The van der Waals surface area contributed by atoms with E-state index in [-0.39, 0.29) is 0 Å². The maximum absolute atomic E-state index is 5.51. The minimum atomic E-state index is 0.684. The Hall–Kier alpha value is -0.560. The number of hydrogen-bond donors (Lipinski definition) is 0. The Morgan fingerprint density at radius 3 is 2.90 bits per heavy atom.